The largest absolute Gasteiger partial charge is 0.351 e. The molecule has 1 saturated heterocycles. The Labute approximate surface area is 152 Å². The predicted octanol–water partition coefficient (Wildman–Crippen LogP) is 4.00. The quantitative estimate of drug-likeness (QED) is 0.868. The second-order valence-electron chi connectivity index (χ2n) is 8.13. The van der Waals surface area contributed by atoms with E-state index in [1.165, 1.54) is 36.8 Å². The molecule has 0 aromatic heterocycles. The van der Waals surface area contributed by atoms with Gasteiger partial charge in [0.15, 0.2) is 0 Å². The van der Waals surface area contributed by atoms with Gasteiger partial charge in [0, 0.05) is 25.2 Å². The number of carbonyl (C=O) groups is 1. The van der Waals surface area contributed by atoms with Gasteiger partial charge in [-0.3, -0.25) is 0 Å². The zero-order valence-electron chi connectivity index (χ0n) is 15.7. The molecular weight excluding hydrogens is 310 g/mol. The molecule has 2 fully saturated rings. The average molecular weight is 344 g/mol. The smallest absolute Gasteiger partial charge is 0.314 e. The van der Waals surface area contributed by atoms with Crippen molar-refractivity contribution in [2.45, 2.75) is 64.5 Å². The van der Waals surface area contributed by atoms with Gasteiger partial charge in [-0.25, -0.2) is 4.79 Å². The van der Waals surface area contributed by atoms with Crippen molar-refractivity contribution < 1.29 is 4.79 Å². The van der Waals surface area contributed by atoms with Crippen molar-refractivity contribution in [3.63, 3.8) is 0 Å². The molecule has 25 heavy (non-hydrogen) atoms. The first kappa shape index (κ1) is 18.2. The molecule has 0 spiro atoms. The summed E-state index contributed by atoms with van der Waals surface area (Å²) in [6.45, 7) is 6.17. The summed E-state index contributed by atoms with van der Waals surface area (Å²) in [6.07, 6.45) is 7.33. The number of nitrogens with one attached hydrogen (secondary N) is 1. The van der Waals surface area contributed by atoms with Gasteiger partial charge in [0.2, 0.25) is 0 Å². The lowest BCUT2D eigenvalue weighted by Crippen LogP contribution is -2.48. The SMILES string of the molecule is Cc1ccccc1[C@H](NC1CCN(C(N)=O)CC1)[C@@H]1CCC[C@@H](C)C1. The lowest BCUT2D eigenvalue weighted by molar-refractivity contribution is 0.165. The highest BCUT2D eigenvalue weighted by atomic mass is 16.2. The van der Waals surface area contributed by atoms with Crippen LogP contribution in [0, 0.1) is 18.8 Å². The molecule has 1 saturated carbocycles. The van der Waals surface area contributed by atoms with Gasteiger partial charge in [-0.2, -0.15) is 0 Å². The summed E-state index contributed by atoms with van der Waals surface area (Å²) in [5.74, 6) is 1.53. The molecule has 1 aliphatic heterocycles. The molecule has 0 bridgehead atoms. The van der Waals surface area contributed by atoms with Crippen molar-refractivity contribution >= 4 is 6.03 Å². The topological polar surface area (TPSA) is 58.4 Å². The summed E-state index contributed by atoms with van der Waals surface area (Å²) >= 11 is 0. The fourth-order valence-electron chi connectivity index (χ4n) is 4.72. The molecule has 0 radical (unpaired) electrons. The second-order valence-corrected chi connectivity index (χ2v) is 8.13. The monoisotopic (exact) mass is 343 g/mol. The van der Waals surface area contributed by atoms with Crippen LogP contribution in [0.5, 0.6) is 0 Å². The third-order valence-corrected chi connectivity index (χ3v) is 6.19. The third-order valence-electron chi connectivity index (χ3n) is 6.19. The van der Waals surface area contributed by atoms with Crippen molar-refractivity contribution in [2.24, 2.45) is 17.6 Å². The highest BCUT2D eigenvalue weighted by Crippen LogP contribution is 2.38. The van der Waals surface area contributed by atoms with Crippen LogP contribution in [0.15, 0.2) is 24.3 Å². The number of hydrogen-bond acceptors (Lipinski definition) is 2. The Balaban J connectivity index is 1.73. The summed E-state index contributed by atoms with van der Waals surface area (Å²) in [4.78, 5) is 13.1. The van der Waals surface area contributed by atoms with Gasteiger partial charge in [-0.15, -0.1) is 0 Å². The summed E-state index contributed by atoms with van der Waals surface area (Å²) in [5, 5.41) is 3.98. The van der Waals surface area contributed by atoms with Gasteiger partial charge in [0.1, 0.15) is 0 Å². The number of nitrogens with two attached hydrogens (primary N) is 1. The minimum atomic E-state index is -0.282. The molecule has 1 heterocycles. The number of amides is 2. The number of carbonyl (C=O) groups excluding carboxylic acids is 1. The number of rotatable bonds is 4. The fourth-order valence-corrected chi connectivity index (χ4v) is 4.72. The van der Waals surface area contributed by atoms with Crippen molar-refractivity contribution in [3.05, 3.63) is 35.4 Å². The van der Waals surface area contributed by atoms with E-state index in [-0.39, 0.29) is 6.03 Å². The molecule has 3 N–H and O–H groups in total. The molecule has 1 aliphatic carbocycles. The van der Waals surface area contributed by atoms with Crippen LogP contribution in [0.25, 0.3) is 0 Å². The summed E-state index contributed by atoms with van der Waals surface area (Å²) in [5.41, 5.74) is 8.26. The van der Waals surface area contributed by atoms with E-state index in [2.05, 4.69) is 43.4 Å². The van der Waals surface area contributed by atoms with Crippen molar-refractivity contribution in [1.82, 2.24) is 10.2 Å². The second kappa shape index (κ2) is 8.22. The van der Waals surface area contributed by atoms with Gasteiger partial charge in [0.25, 0.3) is 0 Å². The minimum absolute atomic E-state index is 0.282. The molecule has 2 amide bonds. The highest BCUT2D eigenvalue weighted by molar-refractivity contribution is 5.72. The van der Waals surface area contributed by atoms with Crippen LogP contribution in [-0.2, 0) is 0 Å². The molecule has 0 unspecified atom stereocenters. The lowest BCUT2D eigenvalue weighted by Gasteiger charge is -2.39. The van der Waals surface area contributed by atoms with E-state index in [1.54, 1.807) is 4.90 Å². The van der Waals surface area contributed by atoms with Crippen molar-refractivity contribution in [3.8, 4) is 0 Å². The Kier molecular flexibility index (Phi) is 6.00. The number of nitrogens with zero attached hydrogens (tertiary/aromatic N) is 1. The zero-order valence-corrected chi connectivity index (χ0v) is 15.7. The summed E-state index contributed by atoms with van der Waals surface area (Å²) in [7, 11) is 0. The van der Waals surface area contributed by atoms with E-state index < -0.39 is 0 Å². The standard InChI is InChI=1S/C21H33N3O/c1-15-6-5-8-17(14-15)20(19-9-4-3-7-16(19)2)23-18-10-12-24(13-11-18)21(22)25/h3-4,7,9,15,17-18,20,23H,5-6,8,10-14H2,1-2H3,(H2,22,25)/t15-,17-,20-/m1/s1. The van der Waals surface area contributed by atoms with Gasteiger partial charge >= 0.3 is 6.03 Å². The summed E-state index contributed by atoms with van der Waals surface area (Å²) < 4.78 is 0. The number of urea groups is 1. The number of primary amides is 1. The zero-order chi connectivity index (χ0) is 17.8. The molecule has 1 aromatic rings. The lowest BCUT2D eigenvalue weighted by atomic mass is 9.75. The number of benzene rings is 1. The first-order valence-electron chi connectivity index (χ1n) is 9.90. The van der Waals surface area contributed by atoms with Crippen LogP contribution in [0.2, 0.25) is 0 Å². The molecule has 138 valence electrons. The number of likely N-dealkylation sites (tertiary alicyclic amines) is 1. The van der Waals surface area contributed by atoms with E-state index in [0.717, 1.165) is 31.8 Å². The van der Waals surface area contributed by atoms with Crippen molar-refractivity contribution in [2.75, 3.05) is 13.1 Å². The van der Waals surface area contributed by atoms with Crippen LogP contribution in [0.4, 0.5) is 4.79 Å². The maximum atomic E-state index is 11.4. The van der Waals surface area contributed by atoms with E-state index in [1.807, 2.05) is 0 Å². The molecule has 3 rings (SSSR count). The van der Waals surface area contributed by atoms with Crippen LogP contribution in [0.1, 0.15) is 62.6 Å². The Hall–Kier alpha value is -1.55. The number of piperidine rings is 1. The highest BCUT2D eigenvalue weighted by Gasteiger charge is 2.31. The Morgan fingerprint density at radius 3 is 2.56 bits per heavy atom. The molecule has 4 nitrogen and oxygen atoms in total. The average Bonchev–Trinajstić information content (AvgIpc) is 2.61. The minimum Gasteiger partial charge on any atom is -0.351 e. The first-order chi connectivity index (χ1) is 12.0. The Morgan fingerprint density at radius 2 is 1.92 bits per heavy atom. The van der Waals surface area contributed by atoms with Crippen molar-refractivity contribution in [1.29, 1.82) is 0 Å². The Morgan fingerprint density at radius 1 is 1.20 bits per heavy atom. The first-order valence-corrected chi connectivity index (χ1v) is 9.90. The number of aryl methyl sites for hydroxylation is 1. The van der Waals surface area contributed by atoms with Crippen LogP contribution in [0.3, 0.4) is 0 Å². The maximum Gasteiger partial charge on any atom is 0.314 e. The molecule has 1 aromatic carbocycles. The molecule has 2 aliphatic rings. The van der Waals surface area contributed by atoms with Gasteiger partial charge in [-0.05, 0) is 55.6 Å². The van der Waals surface area contributed by atoms with E-state index in [9.17, 15) is 4.79 Å². The Bertz CT molecular complexity index is 580. The van der Waals surface area contributed by atoms with E-state index in [4.69, 9.17) is 5.73 Å². The van der Waals surface area contributed by atoms with E-state index in [0.29, 0.717) is 18.0 Å². The normalized spacial score (nSPS) is 26.4. The van der Waals surface area contributed by atoms with Gasteiger partial charge in [0.05, 0.1) is 0 Å². The predicted molar refractivity (Wildman–Crippen MR) is 102 cm³/mol. The van der Waals surface area contributed by atoms with Crippen LogP contribution >= 0.6 is 0 Å². The van der Waals surface area contributed by atoms with Crippen LogP contribution < -0.4 is 11.1 Å². The molecule has 3 atom stereocenters. The maximum absolute atomic E-state index is 11.4. The van der Waals surface area contributed by atoms with Gasteiger partial charge in [-0.1, -0.05) is 44.0 Å². The van der Waals surface area contributed by atoms with E-state index >= 15 is 0 Å². The fraction of sp³-hybridized carbons (Fsp3) is 0.667. The molecule has 4 heteroatoms. The third kappa shape index (κ3) is 4.55. The van der Waals surface area contributed by atoms with Crippen LogP contribution in [-0.4, -0.2) is 30.1 Å². The molecular formula is C21H33N3O. The number of hydrogen-bond donors (Lipinski definition) is 2. The van der Waals surface area contributed by atoms with Gasteiger partial charge < -0.3 is 16.0 Å². The summed E-state index contributed by atoms with van der Waals surface area (Å²) in [6, 6.07) is 9.43.